The Balaban J connectivity index is 1.65. The molecule has 1 aromatic carbocycles. The fraction of sp³-hybridized carbons (Fsp3) is 0.550. The van der Waals surface area contributed by atoms with Crippen molar-refractivity contribution in [2.75, 3.05) is 20.1 Å². The lowest BCUT2D eigenvalue weighted by molar-refractivity contribution is -0.126. The number of rotatable bonds is 4. The van der Waals surface area contributed by atoms with E-state index in [4.69, 9.17) is 4.52 Å². The van der Waals surface area contributed by atoms with Gasteiger partial charge >= 0.3 is 0 Å². The minimum atomic E-state index is 0.0427. The lowest BCUT2D eigenvalue weighted by atomic mass is 9.87. The van der Waals surface area contributed by atoms with E-state index in [1.54, 1.807) is 7.05 Å². The molecule has 1 aromatic heterocycles. The molecule has 6 nitrogen and oxygen atoms in total. The number of carbonyl (C=O) groups excluding carboxylic acids is 1. The van der Waals surface area contributed by atoms with Crippen LogP contribution in [0.25, 0.3) is 11.4 Å². The maximum absolute atomic E-state index is 11.9. The summed E-state index contributed by atoms with van der Waals surface area (Å²) in [5.74, 6) is 1.36. The Kier molecular flexibility index (Phi) is 5.41. The molecule has 0 aliphatic carbocycles. The maximum atomic E-state index is 11.9. The molecule has 1 saturated heterocycles. The first-order valence-electron chi connectivity index (χ1n) is 9.24. The molecule has 26 heavy (non-hydrogen) atoms. The predicted molar refractivity (Wildman–Crippen MR) is 101 cm³/mol. The van der Waals surface area contributed by atoms with Crippen molar-refractivity contribution in [2.24, 2.45) is 5.92 Å². The van der Waals surface area contributed by atoms with Gasteiger partial charge in [-0.2, -0.15) is 4.98 Å². The van der Waals surface area contributed by atoms with E-state index in [9.17, 15) is 4.79 Å². The van der Waals surface area contributed by atoms with Crippen LogP contribution in [0.2, 0.25) is 0 Å². The molecular formula is C20H28N4O2. The third kappa shape index (κ3) is 4.30. The summed E-state index contributed by atoms with van der Waals surface area (Å²) in [5, 5.41) is 6.86. The van der Waals surface area contributed by atoms with Crippen LogP contribution in [0.3, 0.4) is 0 Å². The summed E-state index contributed by atoms with van der Waals surface area (Å²) >= 11 is 0. The highest BCUT2D eigenvalue weighted by molar-refractivity contribution is 5.78. The molecule has 6 heteroatoms. The molecule has 2 heterocycles. The molecule has 0 spiro atoms. The van der Waals surface area contributed by atoms with Crippen molar-refractivity contribution in [1.82, 2.24) is 20.4 Å². The van der Waals surface area contributed by atoms with E-state index in [0.717, 1.165) is 31.5 Å². The summed E-state index contributed by atoms with van der Waals surface area (Å²) in [6.07, 6.45) is 1.94. The van der Waals surface area contributed by atoms with Crippen LogP contribution in [0.1, 0.15) is 45.1 Å². The van der Waals surface area contributed by atoms with Crippen molar-refractivity contribution in [1.29, 1.82) is 0 Å². The molecule has 1 atom stereocenters. The first-order chi connectivity index (χ1) is 12.4. The molecule has 1 unspecified atom stereocenters. The first-order valence-corrected chi connectivity index (χ1v) is 9.24. The topological polar surface area (TPSA) is 71.3 Å². The first kappa shape index (κ1) is 18.6. The third-order valence-electron chi connectivity index (χ3n) is 4.96. The van der Waals surface area contributed by atoms with E-state index in [1.165, 1.54) is 5.56 Å². The average molecular weight is 356 g/mol. The number of hydrogen-bond acceptors (Lipinski definition) is 5. The van der Waals surface area contributed by atoms with Gasteiger partial charge in [-0.05, 0) is 30.4 Å². The van der Waals surface area contributed by atoms with Crippen LogP contribution in [-0.2, 0) is 16.8 Å². The Morgan fingerprint density at radius 2 is 2.04 bits per heavy atom. The lowest BCUT2D eigenvalue weighted by Crippen LogP contribution is -2.41. The number of piperidine rings is 1. The van der Waals surface area contributed by atoms with Crippen LogP contribution in [0.4, 0.5) is 0 Å². The van der Waals surface area contributed by atoms with E-state index in [-0.39, 0.29) is 17.2 Å². The average Bonchev–Trinajstić information content (AvgIpc) is 3.09. The van der Waals surface area contributed by atoms with Gasteiger partial charge in [0.2, 0.25) is 17.6 Å². The maximum Gasteiger partial charge on any atom is 0.241 e. The number of amides is 1. The minimum Gasteiger partial charge on any atom is -0.359 e. The zero-order valence-corrected chi connectivity index (χ0v) is 16.1. The quantitative estimate of drug-likeness (QED) is 0.912. The largest absolute Gasteiger partial charge is 0.359 e. The van der Waals surface area contributed by atoms with Crippen LogP contribution >= 0.6 is 0 Å². The van der Waals surface area contributed by atoms with Gasteiger partial charge in [0.15, 0.2) is 0 Å². The number of aromatic nitrogens is 2. The molecule has 0 saturated carbocycles. The number of nitrogens with zero attached hydrogens (tertiary/aromatic N) is 3. The molecule has 1 amide bonds. The molecular weight excluding hydrogens is 328 g/mol. The van der Waals surface area contributed by atoms with Crippen LogP contribution in [-0.4, -0.2) is 41.1 Å². The molecule has 1 aliphatic heterocycles. The van der Waals surface area contributed by atoms with Gasteiger partial charge in [0, 0.05) is 19.2 Å². The molecule has 1 aliphatic rings. The van der Waals surface area contributed by atoms with Gasteiger partial charge in [0.1, 0.15) is 0 Å². The van der Waals surface area contributed by atoms with Gasteiger partial charge < -0.3 is 9.84 Å². The number of benzene rings is 1. The van der Waals surface area contributed by atoms with Crippen molar-refractivity contribution in [3.63, 3.8) is 0 Å². The van der Waals surface area contributed by atoms with E-state index >= 15 is 0 Å². The molecule has 0 radical (unpaired) electrons. The Morgan fingerprint density at radius 1 is 1.31 bits per heavy atom. The lowest BCUT2D eigenvalue weighted by Gasteiger charge is -2.30. The Hall–Kier alpha value is -2.21. The van der Waals surface area contributed by atoms with Crippen LogP contribution in [0.15, 0.2) is 28.8 Å². The second-order valence-corrected chi connectivity index (χ2v) is 8.03. The normalized spacial score (nSPS) is 18.7. The summed E-state index contributed by atoms with van der Waals surface area (Å²) < 4.78 is 5.44. The van der Waals surface area contributed by atoms with Crippen LogP contribution in [0, 0.1) is 5.92 Å². The summed E-state index contributed by atoms with van der Waals surface area (Å²) in [6.45, 7) is 8.85. The summed E-state index contributed by atoms with van der Waals surface area (Å²) in [4.78, 5) is 18.6. The van der Waals surface area contributed by atoms with Crippen LogP contribution in [0.5, 0.6) is 0 Å². The van der Waals surface area contributed by atoms with Gasteiger partial charge in [-0.1, -0.05) is 50.2 Å². The smallest absolute Gasteiger partial charge is 0.241 e. The summed E-state index contributed by atoms with van der Waals surface area (Å²) in [5.41, 5.74) is 2.35. The highest BCUT2D eigenvalue weighted by Crippen LogP contribution is 2.25. The predicted octanol–water partition coefficient (Wildman–Crippen LogP) is 2.99. The monoisotopic (exact) mass is 356 g/mol. The third-order valence-corrected chi connectivity index (χ3v) is 4.96. The molecule has 1 N–H and O–H groups in total. The second-order valence-electron chi connectivity index (χ2n) is 8.03. The minimum absolute atomic E-state index is 0.0427. The molecule has 2 aromatic rings. The van der Waals surface area contributed by atoms with Crippen LogP contribution < -0.4 is 5.32 Å². The van der Waals surface area contributed by atoms with E-state index in [2.05, 4.69) is 53.3 Å². The SMILES string of the molecule is CNC(=O)C1CCCN(Cc2nc(-c3ccc(C(C)(C)C)cc3)no2)C1. The zero-order valence-electron chi connectivity index (χ0n) is 16.1. The Bertz CT molecular complexity index is 746. The summed E-state index contributed by atoms with van der Waals surface area (Å²) in [6, 6.07) is 8.31. The van der Waals surface area contributed by atoms with Crippen molar-refractivity contribution in [3.8, 4) is 11.4 Å². The highest BCUT2D eigenvalue weighted by atomic mass is 16.5. The fourth-order valence-corrected chi connectivity index (χ4v) is 3.36. The standard InChI is InChI=1S/C20H28N4O2/c1-20(2,3)16-9-7-14(8-10-16)18-22-17(26-23-18)13-24-11-5-6-15(12-24)19(25)21-4/h7-10,15H,5-6,11-13H2,1-4H3,(H,21,25). The number of likely N-dealkylation sites (tertiary alicyclic amines) is 1. The zero-order chi connectivity index (χ0) is 18.7. The highest BCUT2D eigenvalue weighted by Gasteiger charge is 2.26. The molecule has 3 rings (SSSR count). The van der Waals surface area contributed by atoms with Crippen molar-refractivity contribution < 1.29 is 9.32 Å². The van der Waals surface area contributed by atoms with E-state index in [0.29, 0.717) is 18.3 Å². The van der Waals surface area contributed by atoms with Crippen molar-refractivity contribution in [2.45, 2.75) is 45.6 Å². The van der Waals surface area contributed by atoms with Gasteiger partial charge in [-0.25, -0.2) is 0 Å². The van der Waals surface area contributed by atoms with Gasteiger partial charge in [-0.15, -0.1) is 0 Å². The number of hydrogen-bond donors (Lipinski definition) is 1. The van der Waals surface area contributed by atoms with Gasteiger partial charge in [-0.3, -0.25) is 9.69 Å². The second kappa shape index (κ2) is 7.58. The molecule has 1 fully saturated rings. The van der Waals surface area contributed by atoms with Gasteiger partial charge in [0.25, 0.3) is 0 Å². The fourth-order valence-electron chi connectivity index (χ4n) is 3.36. The Morgan fingerprint density at radius 3 is 2.69 bits per heavy atom. The number of nitrogens with one attached hydrogen (secondary N) is 1. The van der Waals surface area contributed by atoms with E-state index in [1.807, 2.05) is 12.1 Å². The number of carbonyl (C=O) groups is 1. The Labute approximate surface area is 155 Å². The molecule has 0 bridgehead atoms. The summed E-state index contributed by atoms with van der Waals surface area (Å²) in [7, 11) is 1.69. The van der Waals surface area contributed by atoms with Crippen molar-refractivity contribution in [3.05, 3.63) is 35.7 Å². The van der Waals surface area contributed by atoms with Gasteiger partial charge in [0.05, 0.1) is 12.5 Å². The van der Waals surface area contributed by atoms with Crippen molar-refractivity contribution >= 4 is 5.91 Å². The molecule has 140 valence electrons. The van der Waals surface area contributed by atoms with E-state index < -0.39 is 0 Å².